The average molecular weight is 427 g/mol. The number of benzene rings is 2. The molecule has 6 nitrogen and oxygen atoms in total. The van der Waals surface area contributed by atoms with Crippen LogP contribution in [-0.4, -0.2) is 21.4 Å². The first-order valence-electron chi connectivity index (χ1n) is 7.50. The number of anilines is 2. The van der Waals surface area contributed by atoms with Gasteiger partial charge in [0.25, 0.3) is 10.0 Å². The summed E-state index contributed by atoms with van der Waals surface area (Å²) in [4.78, 5) is 12.0. The smallest absolute Gasteiger partial charge is 0.261 e. The van der Waals surface area contributed by atoms with E-state index in [0.29, 0.717) is 17.1 Å². The van der Waals surface area contributed by atoms with Crippen molar-refractivity contribution in [2.75, 3.05) is 17.1 Å². The Morgan fingerprint density at radius 3 is 2.32 bits per heavy atom. The molecule has 0 aromatic heterocycles. The Morgan fingerprint density at radius 2 is 1.76 bits per heavy atom. The van der Waals surface area contributed by atoms with Gasteiger partial charge in [-0.2, -0.15) is 0 Å². The molecular weight excluding hydrogens is 408 g/mol. The van der Waals surface area contributed by atoms with E-state index in [1.54, 1.807) is 38.1 Å². The molecule has 0 heterocycles. The maximum atomic E-state index is 12.6. The molecule has 0 aliphatic carbocycles. The van der Waals surface area contributed by atoms with Crippen LogP contribution in [0.3, 0.4) is 0 Å². The van der Waals surface area contributed by atoms with Crippen LogP contribution >= 0.6 is 15.9 Å². The number of carbonyl (C=O) groups excluding carboxylic acids is 1. The largest absolute Gasteiger partial charge is 0.495 e. The Kier molecular flexibility index (Phi) is 6.07. The number of sulfonamides is 1. The maximum absolute atomic E-state index is 12.6. The van der Waals surface area contributed by atoms with Gasteiger partial charge in [0.2, 0.25) is 5.91 Å². The lowest BCUT2D eigenvalue weighted by Crippen LogP contribution is -2.19. The molecule has 0 bridgehead atoms. The molecule has 0 radical (unpaired) electrons. The number of carbonyl (C=O) groups is 1. The van der Waals surface area contributed by atoms with Gasteiger partial charge in [0, 0.05) is 16.1 Å². The molecule has 25 heavy (non-hydrogen) atoms. The summed E-state index contributed by atoms with van der Waals surface area (Å²) in [6.45, 7) is 3.50. The van der Waals surface area contributed by atoms with Gasteiger partial charge in [0.1, 0.15) is 5.75 Å². The van der Waals surface area contributed by atoms with Gasteiger partial charge in [-0.05, 0) is 42.5 Å². The minimum absolute atomic E-state index is 0.0234. The standard InChI is InChI=1S/C17H19BrN2O4S/c1-11(2)17(21)19-15-10-14(8-9-16(15)24-3)25(22,23)20-13-6-4-12(18)5-7-13/h4-11,20H,1-3H3,(H,19,21). The normalized spacial score (nSPS) is 11.2. The highest BCUT2D eigenvalue weighted by Gasteiger charge is 2.18. The van der Waals surface area contributed by atoms with Crippen LogP contribution in [0.5, 0.6) is 5.75 Å². The summed E-state index contributed by atoms with van der Waals surface area (Å²) in [7, 11) is -2.35. The Bertz CT molecular complexity index is 865. The van der Waals surface area contributed by atoms with Crippen molar-refractivity contribution in [3.8, 4) is 5.75 Å². The number of ether oxygens (including phenoxy) is 1. The lowest BCUT2D eigenvalue weighted by atomic mass is 10.2. The molecule has 0 saturated heterocycles. The third-order valence-corrected chi connectivity index (χ3v) is 5.27. The maximum Gasteiger partial charge on any atom is 0.261 e. The second-order valence-corrected chi connectivity index (χ2v) is 8.22. The molecule has 2 rings (SSSR count). The zero-order valence-electron chi connectivity index (χ0n) is 14.0. The fourth-order valence-electron chi connectivity index (χ4n) is 1.96. The van der Waals surface area contributed by atoms with Gasteiger partial charge >= 0.3 is 0 Å². The molecule has 2 aromatic rings. The zero-order chi connectivity index (χ0) is 18.6. The van der Waals surface area contributed by atoms with Crippen molar-refractivity contribution in [2.24, 2.45) is 5.92 Å². The Balaban J connectivity index is 2.34. The zero-order valence-corrected chi connectivity index (χ0v) is 16.4. The summed E-state index contributed by atoms with van der Waals surface area (Å²) in [5.74, 6) is -0.0869. The summed E-state index contributed by atoms with van der Waals surface area (Å²) in [6.07, 6.45) is 0. The van der Waals surface area contributed by atoms with Crippen LogP contribution in [0, 0.1) is 5.92 Å². The molecule has 0 saturated carbocycles. The quantitative estimate of drug-likeness (QED) is 0.734. The van der Waals surface area contributed by atoms with Crippen LogP contribution < -0.4 is 14.8 Å². The molecular formula is C17H19BrN2O4S. The summed E-state index contributed by atoms with van der Waals surface area (Å²) in [5, 5.41) is 2.68. The second kappa shape index (κ2) is 7.88. The Morgan fingerprint density at radius 1 is 1.12 bits per heavy atom. The molecule has 0 unspecified atom stereocenters. The number of hydrogen-bond donors (Lipinski definition) is 2. The van der Waals surface area contributed by atoms with E-state index in [-0.39, 0.29) is 16.7 Å². The highest BCUT2D eigenvalue weighted by atomic mass is 79.9. The molecule has 0 atom stereocenters. The topological polar surface area (TPSA) is 84.5 Å². The lowest BCUT2D eigenvalue weighted by Gasteiger charge is -2.14. The van der Waals surface area contributed by atoms with Crippen LogP contribution in [0.4, 0.5) is 11.4 Å². The monoisotopic (exact) mass is 426 g/mol. The van der Waals surface area contributed by atoms with Gasteiger partial charge < -0.3 is 10.1 Å². The molecule has 134 valence electrons. The van der Waals surface area contributed by atoms with Crippen LogP contribution in [0.25, 0.3) is 0 Å². The van der Waals surface area contributed by atoms with Crippen molar-refractivity contribution in [3.05, 3.63) is 46.9 Å². The third kappa shape index (κ3) is 4.96. The van der Waals surface area contributed by atoms with E-state index in [1.807, 2.05) is 0 Å². The molecule has 2 N–H and O–H groups in total. The first-order chi connectivity index (χ1) is 11.7. The van der Waals surface area contributed by atoms with Gasteiger partial charge in [-0.1, -0.05) is 29.8 Å². The molecule has 1 amide bonds. The number of halogens is 1. The predicted octanol–water partition coefficient (Wildman–Crippen LogP) is 3.85. The SMILES string of the molecule is COc1ccc(S(=O)(=O)Nc2ccc(Br)cc2)cc1NC(=O)C(C)C. The van der Waals surface area contributed by atoms with Crippen LogP contribution in [-0.2, 0) is 14.8 Å². The summed E-state index contributed by atoms with van der Waals surface area (Å²) in [6, 6.07) is 11.1. The first kappa shape index (κ1) is 19.3. The molecule has 0 fully saturated rings. The highest BCUT2D eigenvalue weighted by molar-refractivity contribution is 9.10. The number of nitrogens with one attached hydrogen (secondary N) is 2. The molecule has 0 spiro atoms. The molecule has 8 heteroatoms. The van der Waals surface area contributed by atoms with Gasteiger partial charge in [-0.25, -0.2) is 8.42 Å². The van der Waals surface area contributed by atoms with Gasteiger partial charge in [-0.15, -0.1) is 0 Å². The Hall–Kier alpha value is -2.06. The minimum Gasteiger partial charge on any atom is -0.495 e. The Labute approximate surface area is 155 Å². The number of methoxy groups -OCH3 is 1. The van der Waals surface area contributed by atoms with Crippen molar-refractivity contribution in [2.45, 2.75) is 18.7 Å². The minimum atomic E-state index is -3.80. The average Bonchev–Trinajstić information content (AvgIpc) is 2.56. The summed E-state index contributed by atoms with van der Waals surface area (Å²) < 4.78 is 33.7. The number of hydrogen-bond acceptors (Lipinski definition) is 4. The molecule has 2 aromatic carbocycles. The number of amides is 1. The van der Waals surface area contributed by atoms with E-state index < -0.39 is 10.0 Å². The summed E-state index contributed by atoms with van der Waals surface area (Å²) >= 11 is 3.30. The molecule has 0 aliphatic rings. The van der Waals surface area contributed by atoms with Crippen molar-refractivity contribution in [3.63, 3.8) is 0 Å². The van der Waals surface area contributed by atoms with E-state index in [9.17, 15) is 13.2 Å². The van der Waals surface area contributed by atoms with Crippen LogP contribution in [0.1, 0.15) is 13.8 Å². The fraction of sp³-hybridized carbons (Fsp3) is 0.235. The van der Waals surface area contributed by atoms with Crippen molar-refractivity contribution in [1.82, 2.24) is 0 Å². The highest BCUT2D eigenvalue weighted by Crippen LogP contribution is 2.29. The first-order valence-corrected chi connectivity index (χ1v) is 9.78. The van der Waals surface area contributed by atoms with Crippen molar-refractivity contribution < 1.29 is 17.9 Å². The van der Waals surface area contributed by atoms with Crippen LogP contribution in [0.2, 0.25) is 0 Å². The van der Waals surface area contributed by atoms with Gasteiger partial charge in [-0.3, -0.25) is 9.52 Å². The fourth-order valence-corrected chi connectivity index (χ4v) is 3.31. The van der Waals surface area contributed by atoms with E-state index in [1.165, 1.54) is 25.3 Å². The lowest BCUT2D eigenvalue weighted by molar-refractivity contribution is -0.118. The third-order valence-electron chi connectivity index (χ3n) is 3.36. The van der Waals surface area contributed by atoms with Crippen LogP contribution in [0.15, 0.2) is 51.8 Å². The number of rotatable bonds is 6. The van der Waals surface area contributed by atoms with Gasteiger partial charge in [0.15, 0.2) is 0 Å². The van der Waals surface area contributed by atoms with E-state index >= 15 is 0 Å². The van der Waals surface area contributed by atoms with Crippen molar-refractivity contribution in [1.29, 1.82) is 0 Å². The van der Waals surface area contributed by atoms with Crippen molar-refractivity contribution >= 4 is 43.2 Å². The van der Waals surface area contributed by atoms with Gasteiger partial charge in [0.05, 0.1) is 17.7 Å². The van der Waals surface area contributed by atoms with E-state index in [2.05, 4.69) is 26.0 Å². The second-order valence-electron chi connectivity index (χ2n) is 5.62. The molecule has 0 aliphatic heterocycles. The summed E-state index contributed by atoms with van der Waals surface area (Å²) in [5.41, 5.74) is 0.742. The predicted molar refractivity (Wildman–Crippen MR) is 101 cm³/mol. The van der Waals surface area contributed by atoms with E-state index in [4.69, 9.17) is 4.74 Å². The van der Waals surface area contributed by atoms with E-state index in [0.717, 1.165) is 4.47 Å².